The molecule has 0 spiro atoms. The van der Waals surface area contributed by atoms with Gasteiger partial charge in [-0.25, -0.2) is 0 Å². The Morgan fingerprint density at radius 1 is 1.28 bits per heavy atom. The summed E-state index contributed by atoms with van der Waals surface area (Å²) in [6.07, 6.45) is 5.89. The third-order valence-electron chi connectivity index (χ3n) is 3.30. The molecule has 0 bridgehead atoms. The largest absolute Gasteiger partial charge is 0.497 e. The van der Waals surface area contributed by atoms with Gasteiger partial charge in [0.2, 0.25) is 0 Å². The number of primary amides is 1. The first kappa shape index (κ1) is 12.7. The number of benzene rings is 1. The molecule has 2 rings (SSSR count). The van der Waals surface area contributed by atoms with Crippen LogP contribution in [0.15, 0.2) is 18.2 Å². The molecule has 0 aliphatic heterocycles. The van der Waals surface area contributed by atoms with E-state index in [1.807, 2.05) is 0 Å². The number of carbonyl (C=O) groups excluding carboxylic acids is 1. The molecular formula is C14H19NO3. The van der Waals surface area contributed by atoms with Crippen molar-refractivity contribution < 1.29 is 14.3 Å². The summed E-state index contributed by atoms with van der Waals surface area (Å²) in [6.45, 7) is 0. The van der Waals surface area contributed by atoms with Gasteiger partial charge in [0.1, 0.15) is 11.5 Å². The van der Waals surface area contributed by atoms with Gasteiger partial charge in [0.15, 0.2) is 0 Å². The molecule has 1 aromatic rings. The Bertz CT molecular complexity index is 425. The Hall–Kier alpha value is -1.71. The number of amides is 1. The lowest BCUT2D eigenvalue weighted by Crippen LogP contribution is -2.22. The van der Waals surface area contributed by atoms with Crippen molar-refractivity contribution in [2.24, 2.45) is 5.73 Å². The fraction of sp³-hybridized carbons (Fsp3) is 0.500. The lowest BCUT2D eigenvalue weighted by molar-refractivity contribution is 0.0988. The zero-order chi connectivity index (χ0) is 13.0. The summed E-state index contributed by atoms with van der Waals surface area (Å²) in [5.41, 5.74) is 5.77. The Morgan fingerprint density at radius 3 is 2.61 bits per heavy atom. The highest BCUT2D eigenvalue weighted by Crippen LogP contribution is 2.29. The SMILES string of the molecule is COc1ccc(C(N)=O)c(OC2CCCCC2)c1. The van der Waals surface area contributed by atoms with Crippen LogP contribution in [0, 0.1) is 0 Å². The topological polar surface area (TPSA) is 61.5 Å². The van der Waals surface area contributed by atoms with Gasteiger partial charge in [-0.15, -0.1) is 0 Å². The monoisotopic (exact) mass is 249 g/mol. The van der Waals surface area contributed by atoms with Gasteiger partial charge in [-0.1, -0.05) is 6.42 Å². The lowest BCUT2D eigenvalue weighted by atomic mass is 9.97. The maximum atomic E-state index is 11.4. The highest BCUT2D eigenvalue weighted by molar-refractivity contribution is 5.95. The molecule has 98 valence electrons. The van der Waals surface area contributed by atoms with E-state index in [-0.39, 0.29) is 6.10 Å². The fourth-order valence-corrected chi connectivity index (χ4v) is 2.29. The van der Waals surface area contributed by atoms with Crippen LogP contribution in [-0.4, -0.2) is 19.1 Å². The minimum atomic E-state index is -0.469. The van der Waals surface area contributed by atoms with Gasteiger partial charge in [-0.3, -0.25) is 4.79 Å². The van der Waals surface area contributed by atoms with E-state index in [1.54, 1.807) is 25.3 Å². The van der Waals surface area contributed by atoms with Crippen molar-refractivity contribution in [3.63, 3.8) is 0 Å². The van der Waals surface area contributed by atoms with Crippen molar-refractivity contribution in [1.82, 2.24) is 0 Å². The lowest BCUT2D eigenvalue weighted by Gasteiger charge is -2.24. The van der Waals surface area contributed by atoms with E-state index >= 15 is 0 Å². The zero-order valence-corrected chi connectivity index (χ0v) is 10.6. The number of methoxy groups -OCH3 is 1. The second kappa shape index (κ2) is 5.76. The molecule has 0 unspecified atom stereocenters. The Balaban J connectivity index is 2.19. The summed E-state index contributed by atoms with van der Waals surface area (Å²) < 4.78 is 11.1. The summed E-state index contributed by atoms with van der Waals surface area (Å²) in [5.74, 6) is 0.739. The molecule has 2 N–H and O–H groups in total. The quantitative estimate of drug-likeness (QED) is 0.891. The standard InChI is InChI=1S/C14H19NO3/c1-17-11-7-8-12(14(15)16)13(9-11)18-10-5-3-2-4-6-10/h7-10H,2-6H2,1H3,(H2,15,16). The number of hydrogen-bond donors (Lipinski definition) is 1. The van der Waals surface area contributed by atoms with Crippen LogP contribution in [0.4, 0.5) is 0 Å². The molecule has 1 amide bonds. The Morgan fingerprint density at radius 2 is 2.00 bits per heavy atom. The number of rotatable bonds is 4. The molecule has 1 aromatic carbocycles. The number of nitrogens with two attached hydrogens (primary N) is 1. The van der Waals surface area contributed by atoms with Crippen LogP contribution in [-0.2, 0) is 0 Å². The molecule has 4 nitrogen and oxygen atoms in total. The van der Waals surface area contributed by atoms with Crippen LogP contribution < -0.4 is 15.2 Å². The fourth-order valence-electron chi connectivity index (χ4n) is 2.29. The molecule has 1 fully saturated rings. The zero-order valence-electron chi connectivity index (χ0n) is 10.6. The smallest absolute Gasteiger partial charge is 0.252 e. The molecule has 0 aromatic heterocycles. The highest BCUT2D eigenvalue weighted by atomic mass is 16.5. The number of carbonyl (C=O) groups is 1. The van der Waals surface area contributed by atoms with E-state index in [1.165, 1.54) is 19.3 Å². The minimum absolute atomic E-state index is 0.184. The number of hydrogen-bond acceptors (Lipinski definition) is 3. The predicted octanol–water partition coefficient (Wildman–Crippen LogP) is 2.51. The molecule has 0 atom stereocenters. The number of ether oxygens (including phenoxy) is 2. The van der Waals surface area contributed by atoms with Crippen LogP contribution in [0.25, 0.3) is 0 Å². The Labute approximate surface area is 107 Å². The van der Waals surface area contributed by atoms with Gasteiger partial charge >= 0.3 is 0 Å². The van der Waals surface area contributed by atoms with Crippen LogP contribution >= 0.6 is 0 Å². The maximum absolute atomic E-state index is 11.4. The van der Waals surface area contributed by atoms with Crippen molar-refractivity contribution in [3.8, 4) is 11.5 Å². The summed E-state index contributed by atoms with van der Waals surface area (Å²) in [7, 11) is 1.59. The molecular weight excluding hydrogens is 230 g/mol. The first-order chi connectivity index (χ1) is 8.70. The van der Waals surface area contributed by atoms with Gasteiger partial charge in [0, 0.05) is 6.07 Å². The molecule has 1 saturated carbocycles. The maximum Gasteiger partial charge on any atom is 0.252 e. The van der Waals surface area contributed by atoms with Crippen molar-refractivity contribution in [3.05, 3.63) is 23.8 Å². The van der Waals surface area contributed by atoms with E-state index < -0.39 is 5.91 Å². The van der Waals surface area contributed by atoms with Crippen LogP contribution in [0.2, 0.25) is 0 Å². The Kier molecular flexibility index (Phi) is 4.07. The molecule has 0 saturated heterocycles. The molecule has 1 aliphatic rings. The van der Waals surface area contributed by atoms with Gasteiger partial charge in [0.05, 0.1) is 18.8 Å². The van der Waals surface area contributed by atoms with E-state index in [0.717, 1.165) is 12.8 Å². The molecule has 0 heterocycles. The molecule has 4 heteroatoms. The van der Waals surface area contributed by atoms with Crippen LogP contribution in [0.3, 0.4) is 0 Å². The minimum Gasteiger partial charge on any atom is -0.497 e. The van der Waals surface area contributed by atoms with Crippen LogP contribution in [0.1, 0.15) is 42.5 Å². The van der Waals surface area contributed by atoms with Crippen molar-refractivity contribution in [2.45, 2.75) is 38.2 Å². The van der Waals surface area contributed by atoms with Gasteiger partial charge in [-0.05, 0) is 37.8 Å². The third-order valence-corrected chi connectivity index (χ3v) is 3.30. The van der Waals surface area contributed by atoms with E-state index in [4.69, 9.17) is 15.2 Å². The first-order valence-corrected chi connectivity index (χ1v) is 6.35. The summed E-state index contributed by atoms with van der Waals surface area (Å²) in [6, 6.07) is 5.10. The van der Waals surface area contributed by atoms with Gasteiger partial charge in [-0.2, -0.15) is 0 Å². The normalized spacial score (nSPS) is 16.3. The average Bonchev–Trinajstić information content (AvgIpc) is 2.39. The highest BCUT2D eigenvalue weighted by Gasteiger charge is 2.18. The summed E-state index contributed by atoms with van der Waals surface area (Å²) in [4.78, 5) is 11.4. The van der Waals surface area contributed by atoms with E-state index in [0.29, 0.717) is 17.1 Å². The van der Waals surface area contributed by atoms with Crippen molar-refractivity contribution in [1.29, 1.82) is 0 Å². The van der Waals surface area contributed by atoms with E-state index in [9.17, 15) is 4.79 Å². The summed E-state index contributed by atoms with van der Waals surface area (Å²) in [5, 5.41) is 0. The second-order valence-corrected chi connectivity index (χ2v) is 4.60. The first-order valence-electron chi connectivity index (χ1n) is 6.35. The van der Waals surface area contributed by atoms with Crippen molar-refractivity contribution >= 4 is 5.91 Å². The molecule has 18 heavy (non-hydrogen) atoms. The van der Waals surface area contributed by atoms with Crippen molar-refractivity contribution in [2.75, 3.05) is 7.11 Å². The average molecular weight is 249 g/mol. The van der Waals surface area contributed by atoms with E-state index in [2.05, 4.69) is 0 Å². The van der Waals surface area contributed by atoms with Crippen LogP contribution in [0.5, 0.6) is 11.5 Å². The molecule has 1 aliphatic carbocycles. The predicted molar refractivity (Wildman–Crippen MR) is 69.0 cm³/mol. The third kappa shape index (κ3) is 2.94. The van der Waals surface area contributed by atoms with Gasteiger partial charge < -0.3 is 15.2 Å². The van der Waals surface area contributed by atoms with Gasteiger partial charge in [0.25, 0.3) is 5.91 Å². The second-order valence-electron chi connectivity index (χ2n) is 4.60. The summed E-state index contributed by atoms with van der Waals surface area (Å²) >= 11 is 0. The molecule has 0 radical (unpaired) electrons.